The van der Waals surface area contributed by atoms with E-state index in [1.165, 1.54) is 180 Å². The Morgan fingerprint density at radius 2 is 0.968 bits per heavy atom. The van der Waals surface area contributed by atoms with Gasteiger partial charge in [0.05, 0.1) is 25.2 Å². The first-order valence-corrected chi connectivity index (χ1v) is 29.7. The number of ether oxygens (including phenoxy) is 3. The van der Waals surface area contributed by atoms with Crippen LogP contribution in [0.4, 0.5) is 0 Å². The van der Waals surface area contributed by atoms with E-state index in [0.717, 1.165) is 58.4 Å². The van der Waals surface area contributed by atoms with Gasteiger partial charge in [-0.25, -0.2) is 0 Å². The highest BCUT2D eigenvalue weighted by Gasteiger charge is 2.37. The second-order valence-corrected chi connectivity index (χ2v) is 23.0. The van der Waals surface area contributed by atoms with Gasteiger partial charge in [0.25, 0.3) is 0 Å². The van der Waals surface area contributed by atoms with Crippen molar-refractivity contribution in [2.45, 2.75) is 259 Å². The van der Waals surface area contributed by atoms with Crippen molar-refractivity contribution in [3.63, 3.8) is 0 Å². The molecule has 62 heavy (non-hydrogen) atoms. The van der Waals surface area contributed by atoms with Gasteiger partial charge in [0, 0.05) is 32.7 Å². The maximum atomic E-state index is 13.4. The van der Waals surface area contributed by atoms with E-state index in [2.05, 4.69) is 56.1 Å². The standard InChI is InChI=1S/C54H105NO6Si/c1-7-9-11-13-15-17-19-21-23-25-27-29-31-33-36-40-46-58-52(61-62(5,6)60-48-42-38-35-39-43-55-44-49-57-50-45-55)51-54(3,4)53(56)59-47-41-37-34-32-30-28-26-24-22-20-18-16-14-12-10-8-2/h21-24,52H,7-20,25-51H2,1-6H3/b23-21-,24-22-. The molecule has 1 aliphatic rings. The van der Waals surface area contributed by atoms with E-state index in [1.807, 2.05) is 13.8 Å². The zero-order valence-electron chi connectivity index (χ0n) is 42.3. The van der Waals surface area contributed by atoms with Crippen molar-refractivity contribution in [2.75, 3.05) is 52.7 Å². The molecule has 1 aliphatic heterocycles. The Labute approximate surface area is 387 Å². The topological polar surface area (TPSA) is 66.5 Å². The van der Waals surface area contributed by atoms with Crippen molar-refractivity contribution in [3.8, 4) is 0 Å². The Morgan fingerprint density at radius 3 is 1.45 bits per heavy atom. The lowest BCUT2D eigenvalue weighted by Crippen LogP contribution is -2.43. The summed E-state index contributed by atoms with van der Waals surface area (Å²) in [7, 11) is -2.48. The molecule has 366 valence electrons. The van der Waals surface area contributed by atoms with E-state index >= 15 is 0 Å². The van der Waals surface area contributed by atoms with E-state index in [4.69, 9.17) is 23.1 Å². The lowest BCUT2D eigenvalue weighted by atomic mass is 9.89. The number of hydrogen-bond donors (Lipinski definition) is 0. The third-order valence-corrected chi connectivity index (χ3v) is 14.1. The molecule has 8 heteroatoms. The lowest BCUT2D eigenvalue weighted by molar-refractivity contribution is -0.164. The predicted molar refractivity (Wildman–Crippen MR) is 268 cm³/mol. The molecular weight excluding hydrogens is 787 g/mol. The number of esters is 1. The summed E-state index contributed by atoms with van der Waals surface area (Å²) < 4.78 is 30.8. The lowest BCUT2D eigenvalue weighted by Gasteiger charge is -2.33. The highest BCUT2D eigenvalue weighted by molar-refractivity contribution is 6.64. The summed E-state index contributed by atoms with van der Waals surface area (Å²) in [6.07, 6.45) is 49.9. The van der Waals surface area contributed by atoms with Gasteiger partial charge >= 0.3 is 14.5 Å². The number of hydrogen-bond acceptors (Lipinski definition) is 7. The summed E-state index contributed by atoms with van der Waals surface area (Å²) in [5.74, 6) is -0.155. The third kappa shape index (κ3) is 38.3. The van der Waals surface area contributed by atoms with Crippen LogP contribution in [-0.2, 0) is 27.9 Å². The van der Waals surface area contributed by atoms with Gasteiger partial charge in [-0.3, -0.25) is 9.69 Å². The molecule has 0 bridgehead atoms. The molecule has 0 aromatic carbocycles. The van der Waals surface area contributed by atoms with Crippen LogP contribution in [0.5, 0.6) is 0 Å². The number of carbonyl (C=O) groups excluding carboxylic acids is 1. The number of nitrogens with zero attached hydrogens (tertiary/aromatic N) is 1. The Kier molecular flexibility index (Phi) is 40.5. The van der Waals surface area contributed by atoms with Gasteiger partial charge in [0.1, 0.15) is 0 Å². The van der Waals surface area contributed by atoms with Crippen molar-refractivity contribution in [3.05, 3.63) is 24.3 Å². The van der Waals surface area contributed by atoms with Gasteiger partial charge in [0.2, 0.25) is 0 Å². The minimum atomic E-state index is -2.48. The Hall–Kier alpha value is -1.03. The van der Waals surface area contributed by atoms with Crippen molar-refractivity contribution in [2.24, 2.45) is 5.41 Å². The van der Waals surface area contributed by atoms with Crippen LogP contribution in [0, 0.1) is 5.41 Å². The van der Waals surface area contributed by atoms with Gasteiger partial charge in [0.15, 0.2) is 6.29 Å². The molecule has 0 aromatic heterocycles. The summed E-state index contributed by atoms with van der Waals surface area (Å²) in [6, 6.07) is 0. The highest BCUT2D eigenvalue weighted by atomic mass is 28.4. The van der Waals surface area contributed by atoms with Crippen LogP contribution in [0.15, 0.2) is 24.3 Å². The Balaban J connectivity index is 2.37. The van der Waals surface area contributed by atoms with Gasteiger partial charge in [-0.15, -0.1) is 0 Å². The van der Waals surface area contributed by atoms with Gasteiger partial charge in [-0.1, -0.05) is 167 Å². The molecule has 0 saturated carbocycles. The quantitative estimate of drug-likeness (QED) is 0.0198. The zero-order valence-corrected chi connectivity index (χ0v) is 43.3. The first-order chi connectivity index (χ1) is 30.2. The van der Waals surface area contributed by atoms with E-state index < -0.39 is 20.3 Å². The first-order valence-electron chi connectivity index (χ1n) is 26.9. The summed E-state index contributed by atoms with van der Waals surface area (Å²) in [6.45, 7) is 19.6. The van der Waals surface area contributed by atoms with Crippen LogP contribution in [-0.4, -0.2) is 78.4 Å². The normalized spacial score (nSPS) is 14.7. The monoisotopic (exact) mass is 892 g/mol. The third-order valence-electron chi connectivity index (χ3n) is 12.4. The largest absolute Gasteiger partial charge is 0.465 e. The molecule has 0 aromatic rings. The van der Waals surface area contributed by atoms with Gasteiger partial charge in [-0.05, 0) is 111 Å². The maximum Gasteiger partial charge on any atom is 0.333 e. The summed E-state index contributed by atoms with van der Waals surface area (Å²) in [4.78, 5) is 15.9. The minimum Gasteiger partial charge on any atom is -0.465 e. The molecule has 1 atom stereocenters. The smallest absolute Gasteiger partial charge is 0.333 e. The van der Waals surface area contributed by atoms with E-state index in [-0.39, 0.29) is 5.97 Å². The van der Waals surface area contributed by atoms with Crippen molar-refractivity contribution >= 4 is 14.5 Å². The van der Waals surface area contributed by atoms with Gasteiger partial charge < -0.3 is 23.1 Å². The molecule has 7 nitrogen and oxygen atoms in total. The predicted octanol–water partition coefficient (Wildman–Crippen LogP) is 16.0. The second kappa shape index (κ2) is 42.6. The molecule has 1 rings (SSSR count). The zero-order chi connectivity index (χ0) is 45.1. The van der Waals surface area contributed by atoms with E-state index in [0.29, 0.717) is 26.2 Å². The molecule has 0 radical (unpaired) electrons. The van der Waals surface area contributed by atoms with Crippen LogP contribution >= 0.6 is 0 Å². The number of rotatable bonds is 46. The number of carbonyl (C=O) groups is 1. The molecule has 1 saturated heterocycles. The maximum absolute atomic E-state index is 13.4. The van der Waals surface area contributed by atoms with Crippen molar-refractivity contribution in [1.29, 1.82) is 0 Å². The fourth-order valence-corrected chi connectivity index (χ4v) is 9.68. The summed E-state index contributed by atoms with van der Waals surface area (Å²) in [5, 5.41) is 0. The number of allylic oxidation sites excluding steroid dienone is 4. The molecule has 0 N–H and O–H groups in total. The molecule has 0 amide bonds. The summed E-state index contributed by atoms with van der Waals surface area (Å²) >= 11 is 0. The fraction of sp³-hybridized carbons (Fsp3) is 0.907. The Morgan fingerprint density at radius 1 is 0.565 bits per heavy atom. The van der Waals surface area contributed by atoms with E-state index in [9.17, 15) is 4.79 Å². The van der Waals surface area contributed by atoms with Crippen LogP contribution in [0.3, 0.4) is 0 Å². The van der Waals surface area contributed by atoms with Crippen LogP contribution < -0.4 is 0 Å². The van der Waals surface area contributed by atoms with Crippen LogP contribution in [0.25, 0.3) is 0 Å². The van der Waals surface area contributed by atoms with Crippen LogP contribution in [0.1, 0.15) is 240 Å². The highest BCUT2D eigenvalue weighted by Crippen LogP contribution is 2.29. The fourth-order valence-electron chi connectivity index (χ4n) is 8.19. The average Bonchev–Trinajstić information content (AvgIpc) is 3.25. The van der Waals surface area contributed by atoms with E-state index in [1.54, 1.807) is 0 Å². The first kappa shape index (κ1) is 59.0. The molecule has 0 aliphatic carbocycles. The summed E-state index contributed by atoms with van der Waals surface area (Å²) in [5.41, 5.74) is -0.707. The molecule has 1 fully saturated rings. The van der Waals surface area contributed by atoms with Crippen molar-refractivity contribution in [1.82, 2.24) is 4.90 Å². The molecular formula is C54H105NO6Si. The average molecular weight is 893 g/mol. The molecule has 1 unspecified atom stereocenters. The van der Waals surface area contributed by atoms with Crippen LogP contribution in [0.2, 0.25) is 13.1 Å². The second-order valence-electron chi connectivity index (χ2n) is 19.6. The minimum absolute atomic E-state index is 0.155. The molecule has 1 heterocycles. The number of unbranched alkanes of at least 4 members (excludes halogenated alkanes) is 27. The molecule has 0 spiro atoms. The number of morpholine rings is 1. The van der Waals surface area contributed by atoms with Crippen molar-refractivity contribution < 1.29 is 27.9 Å². The Bertz CT molecular complexity index is 1030. The SMILES string of the molecule is CCCCCCCC/C=C\CCCCCCCCOC(=O)C(C)(C)CC(OCCCCCCCC/C=C\CCCCCCCC)O[Si](C)(C)OCCCCCCN1CCOCC1. The van der Waals surface area contributed by atoms with Gasteiger partial charge in [-0.2, -0.15) is 0 Å².